The number of ether oxygens (including phenoxy) is 9. The van der Waals surface area contributed by atoms with E-state index in [1.54, 1.807) is 0 Å². The molecule has 0 amide bonds. The maximum Gasteiger partial charge on any atom is 0.344 e. The molecule has 45 heavy (non-hydrogen) atoms. The van der Waals surface area contributed by atoms with E-state index in [0.717, 1.165) is 21.3 Å². The van der Waals surface area contributed by atoms with Crippen molar-refractivity contribution in [2.45, 2.75) is 39.1 Å². The fourth-order valence-corrected chi connectivity index (χ4v) is 2.85. The lowest BCUT2D eigenvalue weighted by Gasteiger charge is -2.12. The summed E-state index contributed by atoms with van der Waals surface area (Å²) in [5.74, 6) is -8.55. The van der Waals surface area contributed by atoms with Crippen molar-refractivity contribution in [1.29, 1.82) is 0 Å². The molecule has 0 bridgehead atoms. The normalized spacial score (nSPS) is 9.93. The largest absolute Gasteiger partial charge is 0.469 e. The van der Waals surface area contributed by atoms with Gasteiger partial charge in [-0.15, -0.1) is 0 Å². The van der Waals surface area contributed by atoms with Gasteiger partial charge in [-0.3, -0.25) is 28.8 Å². The molecule has 0 atom stereocenters. The summed E-state index contributed by atoms with van der Waals surface area (Å²) in [5, 5.41) is 0. The SMILES string of the molecule is COC(=O)CC(=O)OCC(=O)OCc1cc(COC(=O)COC(=O)CC(=O)OC)cc(COC(=O)COC(=O)CC(=O)OC)c1. The fraction of sp³-hybridized carbons (Fsp3) is 0.444. The van der Waals surface area contributed by atoms with Crippen LogP contribution in [0.2, 0.25) is 0 Å². The Hall–Kier alpha value is -5.55. The van der Waals surface area contributed by atoms with Crippen LogP contribution < -0.4 is 0 Å². The van der Waals surface area contributed by atoms with E-state index in [4.69, 9.17) is 14.2 Å². The molecule has 0 unspecified atom stereocenters. The number of hydrogen-bond donors (Lipinski definition) is 0. The average Bonchev–Trinajstić information content (AvgIpc) is 3.02. The first-order valence-corrected chi connectivity index (χ1v) is 12.6. The van der Waals surface area contributed by atoms with Crippen molar-refractivity contribution in [2.75, 3.05) is 41.2 Å². The third-order valence-corrected chi connectivity index (χ3v) is 4.91. The second-order valence-corrected chi connectivity index (χ2v) is 8.38. The second-order valence-electron chi connectivity index (χ2n) is 8.38. The molecule has 0 aromatic heterocycles. The minimum absolute atomic E-state index is 0.304. The lowest BCUT2D eigenvalue weighted by Crippen LogP contribution is -2.19. The summed E-state index contributed by atoms with van der Waals surface area (Å²) in [6, 6.07) is 4.35. The maximum absolute atomic E-state index is 12.0. The number of carbonyl (C=O) groups excluding carboxylic acids is 9. The van der Waals surface area contributed by atoms with E-state index in [1.165, 1.54) is 18.2 Å². The Morgan fingerprint density at radius 2 is 0.622 bits per heavy atom. The Morgan fingerprint density at radius 1 is 0.378 bits per heavy atom. The molecule has 0 saturated heterocycles. The molecule has 0 aliphatic heterocycles. The number of benzene rings is 1. The van der Waals surface area contributed by atoms with Crippen LogP contribution in [0.3, 0.4) is 0 Å². The summed E-state index contributed by atoms with van der Waals surface area (Å²) < 4.78 is 41.9. The molecule has 18 nitrogen and oxygen atoms in total. The molecule has 246 valence electrons. The van der Waals surface area contributed by atoms with E-state index >= 15 is 0 Å². The van der Waals surface area contributed by atoms with Gasteiger partial charge in [0, 0.05) is 0 Å². The molecule has 1 aromatic carbocycles. The lowest BCUT2D eigenvalue weighted by molar-refractivity contribution is -0.162. The summed E-state index contributed by atoms with van der Waals surface area (Å²) >= 11 is 0. The quantitative estimate of drug-likeness (QED) is 0.107. The van der Waals surface area contributed by atoms with Crippen LogP contribution in [0.1, 0.15) is 36.0 Å². The van der Waals surface area contributed by atoms with Gasteiger partial charge in [0.15, 0.2) is 19.8 Å². The Labute approximate surface area is 255 Å². The monoisotopic (exact) mass is 642 g/mol. The molecule has 0 spiro atoms. The van der Waals surface area contributed by atoms with Gasteiger partial charge < -0.3 is 42.6 Å². The van der Waals surface area contributed by atoms with Crippen LogP contribution in [-0.4, -0.2) is 94.9 Å². The zero-order valence-electron chi connectivity index (χ0n) is 24.4. The van der Waals surface area contributed by atoms with Gasteiger partial charge in [-0.1, -0.05) is 0 Å². The highest BCUT2D eigenvalue weighted by molar-refractivity contribution is 5.93. The van der Waals surface area contributed by atoms with Gasteiger partial charge in [-0.25, -0.2) is 14.4 Å². The molecule has 0 aliphatic rings. The molecule has 18 heteroatoms. The molecule has 1 aromatic rings. The van der Waals surface area contributed by atoms with Gasteiger partial charge in [-0.05, 0) is 34.9 Å². The van der Waals surface area contributed by atoms with Gasteiger partial charge in [0.25, 0.3) is 0 Å². The summed E-state index contributed by atoms with van der Waals surface area (Å²) in [7, 11) is 3.21. The molecule has 0 aliphatic carbocycles. The van der Waals surface area contributed by atoms with Gasteiger partial charge in [-0.2, -0.15) is 0 Å². The van der Waals surface area contributed by atoms with E-state index in [2.05, 4.69) is 28.4 Å². The third kappa shape index (κ3) is 17.2. The first kappa shape index (κ1) is 37.5. The van der Waals surface area contributed by atoms with Crippen molar-refractivity contribution >= 4 is 53.7 Å². The Bertz CT molecular complexity index is 1100. The number of hydrogen-bond acceptors (Lipinski definition) is 18. The van der Waals surface area contributed by atoms with Crippen molar-refractivity contribution in [3.63, 3.8) is 0 Å². The van der Waals surface area contributed by atoms with Gasteiger partial charge in [0.2, 0.25) is 0 Å². The van der Waals surface area contributed by atoms with Crippen LogP contribution in [0.15, 0.2) is 18.2 Å². The highest BCUT2D eigenvalue weighted by atomic mass is 16.6. The van der Waals surface area contributed by atoms with E-state index in [-0.39, 0.29) is 19.8 Å². The summed E-state index contributed by atoms with van der Waals surface area (Å²) in [4.78, 5) is 104. The van der Waals surface area contributed by atoms with Gasteiger partial charge in [0.1, 0.15) is 39.1 Å². The number of methoxy groups -OCH3 is 3. The number of carbonyl (C=O) groups is 9. The predicted molar refractivity (Wildman–Crippen MR) is 139 cm³/mol. The minimum atomic E-state index is -1.02. The van der Waals surface area contributed by atoms with Crippen molar-refractivity contribution in [2.24, 2.45) is 0 Å². The van der Waals surface area contributed by atoms with Crippen molar-refractivity contribution in [3.05, 3.63) is 34.9 Å². The van der Waals surface area contributed by atoms with E-state index in [1.807, 2.05) is 0 Å². The summed E-state index contributed by atoms with van der Waals surface area (Å²) in [5.41, 5.74) is 0.911. The highest BCUT2D eigenvalue weighted by Crippen LogP contribution is 2.15. The summed E-state index contributed by atoms with van der Waals surface area (Å²) in [6.07, 6.45) is -2.12. The third-order valence-electron chi connectivity index (χ3n) is 4.91. The van der Waals surface area contributed by atoms with Gasteiger partial charge >= 0.3 is 53.7 Å². The van der Waals surface area contributed by atoms with Crippen molar-refractivity contribution in [1.82, 2.24) is 0 Å². The zero-order valence-corrected chi connectivity index (χ0v) is 24.4. The molecular formula is C27H30O18. The number of rotatable bonds is 18. The zero-order chi connectivity index (χ0) is 33.8. The Morgan fingerprint density at radius 3 is 0.844 bits per heavy atom. The van der Waals surface area contributed by atoms with Gasteiger partial charge in [0.05, 0.1) is 21.3 Å². The topological polar surface area (TPSA) is 237 Å². The fourth-order valence-electron chi connectivity index (χ4n) is 2.85. The maximum atomic E-state index is 12.0. The van der Waals surface area contributed by atoms with E-state index in [9.17, 15) is 43.2 Å². The van der Waals surface area contributed by atoms with Crippen LogP contribution in [0.5, 0.6) is 0 Å². The second kappa shape index (κ2) is 20.4. The lowest BCUT2D eigenvalue weighted by atomic mass is 10.1. The van der Waals surface area contributed by atoms with Crippen LogP contribution in [0.4, 0.5) is 0 Å². The minimum Gasteiger partial charge on any atom is -0.469 e. The van der Waals surface area contributed by atoms with Crippen LogP contribution >= 0.6 is 0 Å². The van der Waals surface area contributed by atoms with E-state index in [0.29, 0.717) is 16.7 Å². The van der Waals surface area contributed by atoms with Crippen LogP contribution in [0, 0.1) is 0 Å². The Kier molecular flexibility index (Phi) is 17.0. The molecule has 0 fully saturated rings. The molecule has 0 heterocycles. The molecular weight excluding hydrogens is 612 g/mol. The molecule has 1 rings (SSSR count). The van der Waals surface area contributed by atoms with Crippen LogP contribution in [-0.2, 0) is 106 Å². The number of esters is 9. The molecule has 0 radical (unpaired) electrons. The molecule has 0 N–H and O–H groups in total. The van der Waals surface area contributed by atoms with E-state index < -0.39 is 92.8 Å². The highest BCUT2D eigenvalue weighted by Gasteiger charge is 2.17. The predicted octanol–water partition coefficient (Wildman–Crippen LogP) is -0.865. The standard InChI is InChI=1S/C27H30O18/c1-37-19(28)7-22(31)43-13-25(34)40-10-16-4-17(11-41-26(35)14-44-23(32)8-20(29)38-2)6-18(5-16)12-42-27(36)15-45-24(33)9-21(30)39-3/h4-6H,7-15H2,1-3H3. The smallest absolute Gasteiger partial charge is 0.344 e. The molecule has 0 saturated carbocycles. The summed E-state index contributed by atoms with van der Waals surface area (Å²) in [6.45, 7) is -3.56. The average molecular weight is 643 g/mol. The first-order chi connectivity index (χ1) is 21.3. The first-order valence-electron chi connectivity index (χ1n) is 12.6. The Balaban J connectivity index is 2.82. The van der Waals surface area contributed by atoms with Crippen LogP contribution in [0.25, 0.3) is 0 Å². The van der Waals surface area contributed by atoms with Crippen molar-refractivity contribution < 1.29 is 85.8 Å². The van der Waals surface area contributed by atoms with Crippen molar-refractivity contribution in [3.8, 4) is 0 Å².